The Balaban J connectivity index is 2.80. The van der Waals surface area contributed by atoms with Crippen LogP contribution in [-0.4, -0.2) is 17.6 Å². The number of pyridine rings is 1. The van der Waals surface area contributed by atoms with E-state index < -0.39 is 0 Å². The van der Waals surface area contributed by atoms with Crippen molar-refractivity contribution < 1.29 is 9.53 Å². The van der Waals surface area contributed by atoms with Crippen molar-refractivity contribution in [2.24, 2.45) is 0 Å². The van der Waals surface area contributed by atoms with Gasteiger partial charge in [0.1, 0.15) is 6.07 Å². The number of carbonyl (C=O) groups is 1. The van der Waals surface area contributed by atoms with Crippen LogP contribution in [-0.2, 0) is 16.0 Å². The van der Waals surface area contributed by atoms with Crippen LogP contribution >= 0.6 is 12.6 Å². The van der Waals surface area contributed by atoms with Gasteiger partial charge in [-0.1, -0.05) is 0 Å². The maximum absolute atomic E-state index is 11.1. The van der Waals surface area contributed by atoms with Crippen LogP contribution in [0.1, 0.15) is 18.3 Å². The van der Waals surface area contributed by atoms with Gasteiger partial charge < -0.3 is 4.74 Å². The SMILES string of the molecule is CCOC(=O)Cc1ccc(S)c(C#N)n1. The van der Waals surface area contributed by atoms with Crippen molar-refractivity contribution in [1.29, 1.82) is 5.26 Å². The standard InChI is InChI=1S/C10H10N2O2S/c1-2-14-10(13)5-7-3-4-9(15)8(6-11)12-7/h3-4,15H,2,5H2,1H3. The smallest absolute Gasteiger partial charge is 0.311 e. The van der Waals surface area contributed by atoms with Gasteiger partial charge in [-0.3, -0.25) is 4.79 Å². The zero-order chi connectivity index (χ0) is 11.3. The molecule has 0 aliphatic carbocycles. The van der Waals surface area contributed by atoms with Crippen LogP contribution in [0.25, 0.3) is 0 Å². The third-order valence-electron chi connectivity index (χ3n) is 1.67. The summed E-state index contributed by atoms with van der Waals surface area (Å²) in [6, 6.07) is 5.20. The predicted octanol–water partition coefficient (Wildman–Crippen LogP) is 1.35. The lowest BCUT2D eigenvalue weighted by Gasteiger charge is -2.02. The number of aromatic nitrogens is 1. The number of nitriles is 1. The largest absolute Gasteiger partial charge is 0.466 e. The highest BCUT2D eigenvalue weighted by molar-refractivity contribution is 7.80. The predicted molar refractivity (Wildman–Crippen MR) is 56.5 cm³/mol. The molecule has 0 N–H and O–H groups in total. The van der Waals surface area contributed by atoms with Crippen molar-refractivity contribution in [2.45, 2.75) is 18.2 Å². The van der Waals surface area contributed by atoms with E-state index >= 15 is 0 Å². The van der Waals surface area contributed by atoms with E-state index in [4.69, 9.17) is 10.00 Å². The molecule has 0 atom stereocenters. The number of hydrogen-bond acceptors (Lipinski definition) is 5. The zero-order valence-electron chi connectivity index (χ0n) is 8.23. The molecular weight excluding hydrogens is 212 g/mol. The summed E-state index contributed by atoms with van der Waals surface area (Å²) in [7, 11) is 0. The second-order valence-electron chi connectivity index (χ2n) is 2.76. The number of hydrogen-bond donors (Lipinski definition) is 1. The van der Waals surface area contributed by atoms with E-state index in [1.165, 1.54) is 0 Å². The van der Waals surface area contributed by atoms with Crippen molar-refractivity contribution in [3.63, 3.8) is 0 Å². The molecule has 0 aliphatic rings. The van der Waals surface area contributed by atoms with Gasteiger partial charge in [0.05, 0.1) is 18.7 Å². The average Bonchev–Trinajstić information content (AvgIpc) is 2.21. The van der Waals surface area contributed by atoms with E-state index in [0.717, 1.165) is 0 Å². The Bertz CT molecular complexity index is 412. The molecule has 1 aromatic heterocycles. The van der Waals surface area contributed by atoms with Gasteiger partial charge in [0.25, 0.3) is 0 Å². The Kier molecular flexibility index (Phi) is 4.13. The fourth-order valence-electron chi connectivity index (χ4n) is 1.03. The maximum atomic E-state index is 11.1. The molecule has 0 radical (unpaired) electrons. The average molecular weight is 222 g/mol. The highest BCUT2D eigenvalue weighted by Gasteiger charge is 2.07. The van der Waals surface area contributed by atoms with E-state index in [0.29, 0.717) is 17.2 Å². The summed E-state index contributed by atoms with van der Waals surface area (Å²) in [6.07, 6.45) is 0.0799. The van der Waals surface area contributed by atoms with E-state index in [2.05, 4.69) is 17.6 Å². The molecule has 0 spiro atoms. The van der Waals surface area contributed by atoms with E-state index in [1.54, 1.807) is 19.1 Å². The third kappa shape index (κ3) is 3.26. The van der Waals surface area contributed by atoms with Gasteiger partial charge in [-0.15, -0.1) is 12.6 Å². The Morgan fingerprint density at radius 2 is 2.40 bits per heavy atom. The Labute approximate surface area is 93.3 Å². The number of carbonyl (C=O) groups excluding carboxylic acids is 1. The van der Waals surface area contributed by atoms with Gasteiger partial charge in [-0.05, 0) is 19.1 Å². The van der Waals surface area contributed by atoms with Gasteiger partial charge in [0.15, 0.2) is 5.69 Å². The van der Waals surface area contributed by atoms with Crippen LogP contribution in [0.4, 0.5) is 0 Å². The highest BCUT2D eigenvalue weighted by Crippen LogP contribution is 2.11. The van der Waals surface area contributed by atoms with Gasteiger partial charge in [-0.25, -0.2) is 4.98 Å². The molecule has 0 aliphatic heterocycles. The normalized spacial score (nSPS) is 9.40. The number of rotatable bonds is 3. The van der Waals surface area contributed by atoms with Gasteiger partial charge in [0.2, 0.25) is 0 Å². The molecule has 78 valence electrons. The molecule has 4 nitrogen and oxygen atoms in total. The van der Waals surface area contributed by atoms with Crippen LogP contribution in [0.2, 0.25) is 0 Å². The topological polar surface area (TPSA) is 63.0 Å². The third-order valence-corrected chi connectivity index (χ3v) is 2.03. The second kappa shape index (κ2) is 5.37. The maximum Gasteiger partial charge on any atom is 0.311 e. The zero-order valence-corrected chi connectivity index (χ0v) is 9.12. The van der Waals surface area contributed by atoms with Crippen molar-refractivity contribution in [3.05, 3.63) is 23.5 Å². The minimum Gasteiger partial charge on any atom is -0.466 e. The van der Waals surface area contributed by atoms with Gasteiger partial charge in [0, 0.05) is 4.90 Å². The lowest BCUT2D eigenvalue weighted by atomic mass is 10.2. The molecule has 0 unspecified atom stereocenters. The van der Waals surface area contributed by atoms with Crippen molar-refractivity contribution >= 4 is 18.6 Å². The van der Waals surface area contributed by atoms with Crippen LogP contribution in [0.15, 0.2) is 17.0 Å². The Morgan fingerprint density at radius 1 is 1.67 bits per heavy atom. The summed E-state index contributed by atoms with van der Waals surface area (Å²) in [5, 5.41) is 8.70. The van der Waals surface area contributed by atoms with Crippen LogP contribution in [0.5, 0.6) is 0 Å². The van der Waals surface area contributed by atoms with Crippen LogP contribution in [0.3, 0.4) is 0 Å². The quantitative estimate of drug-likeness (QED) is 0.619. The molecule has 5 heteroatoms. The van der Waals surface area contributed by atoms with Crippen molar-refractivity contribution in [3.8, 4) is 6.07 Å². The minimum absolute atomic E-state index is 0.0799. The van der Waals surface area contributed by atoms with E-state index in [1.807, 2.05) is 6.07 Å². The number of esters is 1. The number of ether oxygens (including phenoxy) is 1. The molecule has 0 fully saturated rings. The molecule has 0 bridgehead atoms. The van der Waals surface area contributed by atoms with E-state index in [-0.39, 0.29) is 18.1 Å². The minimum atomic E-state index is -0.346. The summed E-state index contributed by atoms with van der Waals surface area (Å²) in [4.78, 5) is 15.6. The summed E-state index contributed by atoms with van der Waals surface area (Å²) in [5.74, 6) is -0.346. The lowest BCUT2D eigenvalue weighted by Crippen LogP contribution is -2.09. The molecule has 0 saturated carbocycles. The molecular formula is C10H10N2O2S. The number of nitrogens with zero attached hydrogens (tertiary/aromatic N) is 2. The monoisotopic (exact) mass is 222 g/mol. The van der Waals surface area contributed by atoms with Crippen LogP contribution < -0.4 is 0 Å². The van der Waals surface area contributed by atoms with Gasteiger partial charge in [-0.2, -0.15) is 5.26 Å². The highest BCUT2D eigenvalue weighted by atomic mass is 32.1. The van der Waals surface area contributed by atoms with Crippen molar-refractivity contribution in [2.75, 3.05) is 6.61 Å². The summed E-state index contributed by atoms with van der Waals surface area (Å²) < 4.78 is 4.77. The molecule has 1 rings (SSSR count). The second-order valence-corrected chi connectivity index (χ2v) is 3.25. The lowest BCUT2D eigenvalue weighted by molar-refractivity contribution is -0.142. The summed E-state index contributed by atoms with van der Waals surface area (Å²) >= 11 is 4.06. The molecule has 0 saturated heterocycles. The molecule has 15 heavy (non-hydrogen) atoms. The molecule has 1 heterocycles. The summed E-state index contributed by atoms with van der Waals surface area (Å²) in [6.45, 7) is 2.08. The molecule has 1 aromatic rings. The first kappa shape index (κ1) is 11.5. The number of thiol groups is 1. The van der Waals surface area contributed by atoms with Crippen molar-refractivity contribution in [1.82, 2.24) is 4.98 Å². The van der Waals surface area contributed by atoms with Crippen LogP contribution in [0, 0.1) is 11.3 Å². The first-order valence-corrected chi connectivity index (χ1v) is 4.86. The first-order chi connectivity index (χ1) is 7.17. The molecule has 0 aromatic carbocycles. The van der Waals surface area contributed by atoms with E-state index in [9.17, 15) is 4.79 Å². The van der Waals surface area contributed by atoms with Gasteiger partial charge >= 0.3 is 5.97 Å². The first-order valence-electron chi connectivity index (χ1n) is 4.42. The Morgan fingerprint density at radius 3 is 3.00 bits per heavy atom. The Hall–Kier alpha value is -1.54. The molecule has 0 amide bonds. The fourth-order valence-corrected chi connectivity index (χ4v) is 1.21. The summed E-state index contributed by atoms with van der Waals surface area (Å²) in [5.41, 5.74) is 0.739. The fraction of sp³-hybridized carbons (Fsp3) is 0.300.